The van der Waals surface area contributed by atoms with Crippen molar-refractivity contribution in [1.82, 2.24) is 19.5 Å². The van der Waals surface area contributed by atoms with Crippen molar-refractivity contribution in [2.75, 3.05) is 0 Å². The summed E-state index contributed by atoms with van der Waals surface area (Å²) in [7, 11) is 0. The second-order valence-corrected chi connectivity index (χ2v) is 5.92. The minimum Gasteiger partial charge on any atom is -0.338 e. The second kappa shape index (κ2) is 4.34. The molecule has 0 fully saturated rings. The molecule has 8 heteroatoms. The van der Waals surface area contributed by atoms with E-state index < -0.39 is 11.8 Å². The Kier molecular flexibility index (Phi) is 2.86. The molecule has 5 nitrogen and oxygen atoms in total. The standard InChI is InChI=1S/C12H12F2N4OS/c1-6-7(18-4-5-20-11(18)15-6)8-16-10(19-17-8)12(2,3)9(13)14/h4-5,9H,1-3H3. The van der Waals surface area contributed by atoms with E-state index in [1.165, 1.54) is 25.2 Å². The first-order chi connectivity index (χ1) is 9.41. The third kappa shape index (κ3) is 1.82. The third-order valence-electron chi connectivity index (χ3n) is 3.17. The summed E-state index contributed by atoms with van der Waals surface area (Å²) in [6.45, 7) is 4.57. The van der Waals surface area contributed by atoms with Crippen LogP contribution in [0.5, 0.6) is 0 Å². The molecule has 0 atom stereocenters. The van der Waals surface area contributed by atoms with Gasteiger partial charge in [-0.25, -0.2) is 13.8 Å². The normalized spacial score (nSPS) is 12.7. The lowest BCUT2D eigenvalue weighted by Gasteiger charge is -2.17. The van der Waals surface area contributed by atoms with Gasteiger partial charge in [-0.3, -0.25) is 4.40 Å². The maximum atomic E-state index is 13.0. The first kappa shape index (κ1) is 13.2. The van der Waals surface area contributed by atoms with Crippen molar-refractivity contribution >= 4 is 16.3 Å². The number of aryl methyl sites for hydroxylation is 1. The van der Waals surface area contributed by atoms with Crippen LogP contribution in [0.3, 0.4) is 0 Å². The molecule has 3 aromatic rings. The number of imidazole rings is 1. The van der Waals surface area contributed by atoms with Gasteiger partial charge in [0.05, 0.1) is 5.69 Å². The molecule has 0 N–H and O–H groups in total. The van der Waals surface area contributed by atoms with Crippen LogP contribution in [0, 0.1) is 6.92 Å². The second-order valence-electron chi connectivity index (χ2n) is 5.05. The zero-order chi connectivity index (χ0) is 14.5. The molecule has 3 aromatic heterocycles. The highest BCUT2D eigenvalue weighted by atomic mass is 32.1. The third-order valence-corrected chi connectivity index (χ3v) is 3.93. The van der Waals surface area contributed by atoms with Gasteiger partial charge in [0.15, 0.2) is 4.96 Å². The van der Waals surface area contributed by atoms with E-state index in [0.29, 0.717) is 5.69 Å². The molecule has 3 rings (SSSR count). The summed E-state index contributed by atoms with van der Waals surface area (Å²) in [6.07, 6.45) is -0.743. The average molecular weight is 298 g/mol. The van der Waals surface area contributed by atoms with Crippen LogP contribution in [-0.4, -0.2) is 26.0 Å². The summed E-state index contributed by atoms with van der Waals surface area (Å²) in [4.78, 5) is 9.29. The van der Waals surface area contributed by atoms with E-state index in [0.717, 1.165) is 10.7 Å². The minimum absolute atomic E-state index is 0.0768. The maximum absolute atomic E-state index is 13.0. The van der Waals surface area contributed by atoms with Crippen molar-refractivity contribution in [3.63, 3.8) is 0 Å². The minimum atomic E-state index is -2.58. The molecule has 0 aliphatic carbocycles. The summed E-state index contributed by atoms with van der Waals surface area (Å²) < 4.78 is 32.8. The van der Waals surface area contributed by atoms with Gasteiger partial charge in [-0.1, -0.05) is 5.16 Å². The van der Waals surface area contributed by atoms with Crippen LogP contribution in [0.4, 0.5) is 8.78 Å². The van der Waals surface area contributed by atoms with E-state index in [1.54, 1.807) is 0 Å². The highest BCUT2D eigenvalue weighted by Gasteiger charge is 2.38. The van der Waals surface area contributed by atoms with Crippen molar-refractivity contribution in [2.45, 2.75) is 32.6 Å². The molecule has 0 radical (unpaired) electrons. The Morgan fingerprint density at radius 1 is 1.35 bits per heavy atom. The van der Waals surface area contributed by atoms with Crippen LogP contribution in [0.1, 0.15) is 25.4 Å². The van der Waals surface area contributed by atoms with Crippen molar-refractivity contribution in [3.05, 3.63) is 23.2 Å². The maximum Gasteiger partial charge on any atom is 0.252 e. The van der Waals surface area contributed by atoms with Crippen molar-refractivity contribution in [1.29, 1.82) is 0 Å². The summed E-state index contributed by atoms with van der Waals surface area (Å²) in [5, 5.41) is 5.71. The van der Waals surface area contributed by atoms with Crippen molar-refractivity contribution in [3.8, 4) is 11.5 Å². The van der Waals surface area contributed by atoms with Crippen molar-refractivity contribution in [2.24, 2.45) is 0 Å². The molecular formula is C12H12F2N4OS. The molecule has 0 saturated carbocycles. The number of hydrogen-bond donors (Lipinski definition) is 0. The molecule has 0 aliphatic rings. The summed E-state index contributed by atoms with van der Waals surface area (Å²) in [5.74, 6) is 0.198. The Morgan fingerprint density at radius 2 is 2.10 bits per heavy atom. The van der Waals surface area contributed by atoms with Gasteiger partial charge in [0, 0.05) is 11.6 Å². The Labute approximate surface area is 117 Å². The first-order valence-electron chi connectivity index (χ1n) is 5.96. The van der Waals surface area contributed by atoms with E-state index in [2.05, 4.69) is 15.1 Å². The van der Waals surface area contributed by atoms with Crippen LogP contribution in [-0.2, 0) is 5.41 Å². The van der Waals surface area contributed by atoms with Crippen LogP contribution in [0.2, 0.25) is 0 Å². The van der Waals surface area contributed by atoms with E-state index >= 15 is 0 Å². The fourth-order valence-electron chi connectivity index (χ4n) is 1.84. The number of rotatable bonds is 3. The predicted molar refractivity (Wildman–Crippen MR) is 70.1 cm³/mol. The molecule has 0 aliphatic heterocycles. The quantitative estimate of drug-likeness (QED) is 0.744. The number of nitrogens with zero attached hydrogens (tertiary/aromatic N) is 4. The fourth-order valence-corrected chi connectivity index (χ4v) is 2.60. The Morgan fingerprint density at radius 3 is 2.80 bits per heavy atom. The topological polar surface area (TPSA) is 56.2 Å². The number of alkyl halides is 2. The number of halogens is 2. The smallest absolute Gasteiger partial charge is 0.252 e. The van der Waals surface area contributed by atoms with Gasteiger partial charge < -0.3 is 4.52 Å². The molecular weight excluding hydrogens is 286 g/mol. The lowest BCUT2D eigenvalue weighted by Crippen LogP contribution is -2.27. The molecule has 0 amide bonds. The van der Waals surface area contributed by atoms with Crippen LogP contribution in [0.15, 0.2) is 16.1 Å². The molecule has 0 bridgehead atoms. The molecule has 0 spiro atoms. The van der Waals surface area contributed by atoms with E-state index in [4.69, 9.17) is 4.52 Å². The molecule has 0 saturated heterocycles. The zero-order valence-electron chi connectivity index (χ0n) is 11.1. The Bertz CT molecular complexity index is 759. The van der Waals surface area contributed by atoms with Crippen LogP contribution >= 0.6 is 11.3 Å². The number of thiazole rings is 1. The van der Waals surface area contributed by atoms with Gasteiger partial charge in [-0.05, 0) is 20.8 Å². The number of aromatic nitrogens is 4. The first-order valence-corrected chi connectivity index (χ1v) is 6.84. The Balaban J connectivity index is 2.10. The highest BCUT2D eigenvalue weighted by Crippen LogP contribution is 2.31. The molecule has 0 aromatic carbocycles. The van der Waals surface area contributed by atoms with Crippen molar-refractivity contribution < 1.29 is 13.3 Å². The average Bonchev–Trinajstić information content (AvgIpc) is 3.03. The molecule has 0 unspecified atom stereocenters. The molecule has 106 valence electrons. The Hall–Kier alpha value is -1.83. The van der Waals surface area contributed by atoms with Gasteiger partial charge >= 0.3 is 0 Å². The van der Waals surface area contributed by atoms with E-state index in [1.807, 2.05) is 22.9 Å². The summed E-state index contributed by atoms with van der Waals surface area (Å²) >= 11 is 1.48. The van der Waals surface area contributed by atoms with Crippen LogP contribution < -0.4 is 0 Å². The summed E-state index contributed by atoms with van der Waals surface area (Å²) in [6, 6.07) is 0. The van der Waals surface area contributed by atoms with Gasteiger partial charge in [0.2, 0.25) is 11.7 Å². The van der Waals surface area contributed by atoms with E-state index in [9.17, 15) is 8.78 Å². The van der Waals surface area contributed by atoms with Gasteiger partial charge in [-0.2, -0.15) is 4.98 Å². The van der Waals surface area contributed by atoms with Gasteiger partial charge in [0.25, 0.3) is 6.43 Å². The summed E-state index contributed by atoms with van der Waals surface area (Å²) in [5.41, 5.74) is -0.0715. The monoisotopic (exact) mass is 298 g/mol. The SMILES string of the molecule is Cc1nc2sccn2c1-c1noc(C(C)(C)C(F)F)n1. The van der Waals surface area contributed by atoms with Gasteiger partial charge in [0.1, 0.15) is 11.1 Å². The lowest BCUT2D eigenvalue weighted by molar-refractivity contribution is 0.0505. The van der Waals surface area contributed by atoms with Gasteiger partial charge in [-0.15, -0.1) is 11.3 Å². The predicted octanol–water partition coefficient (Wildman–Crippen LogP) is 3.30. The number of hydrogen-bond acceptors (Lipinski definition) is 5. The highest BCUT2D eigenvalue weighted by molar-refractivity contribution is 7.15. The fraction of sp³-hybridized carbons (Fsp3) is 0.417. The molecule has 20 heavy (non-hydrogen) atoms. The zero-order valence-corrected chi connectivity index (χ0v) is 11.9. The molecule has 3 heterocycles. The largest absolute Gasteiger partial charge is 0.338 e. The lowest BCUT2D eigenvalue weighted by atomic mass is 9.94. The number of fused-ring (bicyclic) bond motifs is 1. The van der Waals surface area contributed by atoms with Crippen LogP contribution in [0.25, 0.3) is 16.5 Å². The van der Waals surface area contributed by atoms with E-state index in [-0.39, 0.29) is 11.7 Å².